The summed E-state index contributed by atoms with van der Waals surface area (Å²) in [6, 6.07) is 3.05. The number of aromatic amines is 1. The molecule has 15 heavy (non-hydrogen) atoms. The molecule has 1 heterocycles. The Morgan fingerprint density at radius 1 is 1.60 bits per heavy atom. The van der Waals surface area contributed by atoms with Crippen LogP contribution in [0.5, 0.6) is 0 Å². The van der Waals surface area contributed by atoms with Crippen LogP contribution in [0.25, 0.3) is 0 Å². The summed E-state index contributed by atoms with van der Waals surface area (Å²) in [5.41, 5.74) is 5.82. The molecule has 0 unspecified atom stereocenters. The number of rotatable bonds is 3. The number of aryl methyl sites for hydroxylation is 1. The Balaban J connectivity index is 2.88. The van der Waals surface area contributed by atoms with Crippen molar-refractivity contribution in [1.82, 2.24) is 10.3 Å². The number of carbonyl (C=O) groups excluding carboxylic acids is 1. The topological polar surface area (TPSA) is 88.0 Å². The molecular weight excluding hydrogens is 194 g/mol. The average Bonchev–Trinajstić information content (AvgIpc) is 2.17. The molecule has 82 valence electrons. The summed E-state index contributed by atoms with van der Waals surface area (Å²) in [7, 11) is 0. The van der Waals surface area contributed by atoms with Crippen LogP contribution in [0.1, 0.15) is 23.0 Å². The zero-order valence-corrected chi connectivity index (χ0v) is 8.83. The fourth-order valence-electron chi connectivity index (χ4n) is 1.11. The van der Waals surface area contributed by atoms with Gasteiger partial charge in [-0.3, -0.25) is 9.59 Å². The monoisotopic (exact) mass is 209 g/mol. The second kappa shape index (κ2) is 4.75. The quantitative estimate of drug-likeness (QED) is 0.642. The Labute approximate surface area is 87.7 Å². The molecular formula is C10H15N3O2. The van der Waals surface area contributed by atoms with Gasteiger partial charge >= 0.3 is 0 Å². The van der Waals surface area contributed by atoms with Gasteiger partial charge < -0.3 is 16.0 Å². The van der Waals surface area contributed by atoms with Gasteiger partial charge in [-0.05, 0) is 26.0 Å². The van der Waals surface area contributed by atoms with E-state index >= 15 is 0 Å². The number of H-pyrrole nitrogens is 1. The van der Waals surface area contributed by atoms with E-state index in [4.69, 9.17) is 5.73 Å². The zero-order valence-electron chi connectivity index (χ0n) is 8.83. The van der Waals surface area contributed by atoms with Crippen LogP contribution in [0.2, 0.25) is 0 Å². The Kier molecular flexibility index (Phi) is 3.62. The molecule has 5 heteroatoms. The van der Waals surface area contributed by atoms with E-state index < -0.39 is 5.91 Å². The minimum absolute atomic E-state index is 0.112. The first-order chi connectivity index (χ1) is 7.04. The maximum absolute atomic E-state index is 11.6. The first kappa shape index (κ1) is 11.5. The van der Waals surface area contributed by atoms with Gasteiger partial charge in [0.1, 0.15) is 5.56 Å². The first-order valence-corrected chi connectivity index (χ1v) is 4.75. The molecule has 5 nitrogen and oxygen atoms in total. The normalized spacial score (nSPS) is 12.2. The standard InChI is InChI=1S/C10H15N3O2/c1-6-3-4-8(9(14)12-6)10(15)13-7(2)5-11/h3-4,7H,5,11H2,1-2H3,(H,12,14)(H,13,15)/t7-/m0/s1. The number of pyridine rings is 1. The van der Waals surface area contributed by atoms with Crippen molar-refractivity contribution in [3.8, 4) is 0 Å². The van der Waals surface area contributed by atoms with Crippen molar-refractivity contribution in [2.24, 2.45) is 5.73 Å². The third kappa shape index (κ3) is 2.92. The van der Waals surface area contributed by atoms with Crippen molar-refractivity contribution in [2.75, 3.05) is 6.54 Å². The lowest BCUT2D eigenvalue weighted by molar-refractivity contribution is 0.0939. The lowest BCUT2D eigenvalue weighted by Crippen LogP contribution is -2.40. The van der Waals surface area contributed by atoms with Gasteiger partial charge in [0.05, 0.1) is 0 Å². The Morgan fingerprint density at radius 3 is 2.80 bits per heavy atom. The van der Waals surface area contributed by atoms with Crippen molar-refractivity contribution in [1.29, 1.82) is 0 Å². The summed E-state index contributed by atoms with van der Waals surface area (Å²) in [6.45, 7) is 3.88. The number of hydrogen-bond donors (Lipinski definition) is 3. The van der Waals surface area contributed by atoms with E-state index in [0.717, 1.165) is 5.69 Å². The maximum atomic E-state index is 11.6. The van der Waals surface area contributed by atoms with E-state index in [1.807, 2.05) is 0 Å². The van der Waals surface area contributed by atoms with Crippen molar-refractivity contribution in [2.45, 2.75) is 19.9 Å². The number of amides is 1. The van der Waals surface area contributed by atoms with Gasteiger partial charge in [0.2, 0.25) is 0 Å². The molecule has 0 aliphatic carbocycles. The SMILES string of the molecule is Cc1ccc(C(=O)N[C@@H](C)CN)c(=O)[nH]1. The maximum Gasteiger partial charge on any atom is 0.260 e. The smallest absolute Gasteiger partial charge is 0.260 e. The van der Waals surface area contributed by atoms with Crippen LogP contribution < -0.4 is 16.6 Å². The molecule has 0 saturated carbocycles. The Bertz CT molecular complexity index is 411. The fraction of sp³-hybridized carbons (Fsp3) is 0.400. The second-order valence-corrected chi connectivity index (χ2v) is 3.49. The fourth-order valence-corrected chi connectivity index (χ4v) is 1.11. The number of carbonyl (C=O) groups is 1. The molecule has 0 spiro atoms. The molecule has 1 aromatic heterocycles. The molecule has 0 fully saturated rings. The molecule has 0 saturated heterocycles. The number of aromatic nitrogens is 1. The lowest BCUT2D eigenvalue weighted by atomic mass is 10.2. The predicted molar refractivity (Wildman–Crippen MR) is 57.8 cm³/mol. The molecule has 1 rings (SSSR count). The number of nitrogens with two attached hydrogens (primary N) is 1. The molecule has 1 atom stereocenters. The summed E-state index contributed by atoms with van der Waals surface area (Å²) in [6.07, 6.45) is 0. The van der Waals surface area contributed by atoms with Crippen LogP contribution in [0, 0.1) is 6.92 Å². The van der Waals surface area contributed by atoms with E-state index in [9.17, 15) is 9.59 Å². The third-order valence-corrected chi connectivity index (χ3v) is 2.03. The average molecular weight is 209 g/mol. The highest BCUT2D eigenvalue weighted by Crippen LogP contribution is 1.94. The molecule has 1 amide bonds. The van der Waals surface area contributed by atoms with Crippen LogP contribution in [0.4, 0.5) is 0 Å². The Morgan fingerprint density at radius 2 is 2.27 bits per heavy atom. The van der Waals surface area contributed by atoms with Gasteiger partial charge in [-0.25, -0.2) is 0 Å². The van der Waals surface area contributed by atoms with Gasteiger partial charge in [-0.1, -0.05) is 0 Å². The van der Waals surface area contributed by atoms with Crippen LogP contribution in [0.3, 0.4) is 0 Å². The molecule has 1 aromatic rings. The first-order valence-electron chi connectivity index (χ1n) is 4.75. The van der Waals surface area contributed by atoms with E-state index in [2.05, 4.69) is 10.3 Å². The highest BCUT2D eigenvalue weighted by Gasteiger charge is 2.11. The summed E-state index contributed by atoms with van der Waals surface area (Å²) in [4.78, 5) is 25.5. The molecule has 0 aliphatic rings. The van der Waals surface area contributed by atoms with Crippen LogP contribution >= 0.6 is 0 Å². The van der Waals surface area contributed by atoms with Gasteiger partial charge in [0, 0.05) is 18.3 Å². The van der Waals surface area contributed by atoms with E-state index in [1.165, 1.54) is 6.07 Å². The molecule has 0 bridgehead atoms. The predicted octanol–water partition coefficient (Wildman–Crippen LogP) is -0.240. The molecule has 0 aliphatic heterocycles. The minimum Gasteiger partial charge on any atom is -0.348 e. The lowest BCUT2D eigenvalue weighted by Gasteiger charge is -2.10. The summed E-state index contributed by atoms with van der Waals surface area (Å²) < 4.78 is 0. The summed E-state index contributed by atoms with van der Waals surface area (Å²) >= 11 is 0. The van der Waals surface area contributed by atoms with E-state index in [1.54, 1.807) is 19.9 Å². The van der Waals surface area contributed by atoms with Crippen LogP contribution in [0.15, 0.2) is 16.9 Å². The van der Waals surface area contributed by atoms with Gasteiger partial charge in [0.25, 0.3) is 11.5 Å². The summed E-state index contributed by atoms with van der Waals surface area (Å²) in [5.74, 6) is -0.394. The van der Waals surface area contributed by atoms with Gasteiger partial charge in [-0.15, -0.1) is 0 Å². The van der Waals surface area contributed by atoms with Crippen molar-refractivity contribution < 1.29 is 4.79 Å². The molecule has 4 N–H and O–H groups in total. The highest BCUT2D eigenvalue weighted by atomic mass is 16.2. The number of hydrogen-bond acceptors (Lipinski definition) is 3. The highest BCUT2D eigenvalue weighted by molar-refractivity contribution is 5.93. The largest absolute Gasteiger partial charge is 0.348 e. The second-order valence-electron chi connectivity index (χ2n) is 3.49. The van der Waals surface area contributed by atoms with Gasteiger partial charge in [-0.2, -0.15) is 0 Å². The van der Waals surface area contributed by atoms with Crippen molar-refractivity contribution in [3.63, 3.8) is 0 Å². The molecule has 0 aromatic carbocycles. The van der Waals surface area contributed by atoms with Crippen LogP contribution in [-0.2, 0) is 0 Å². The number of nitrogens with one attached hydrogen (secondary N) is 2. The Hall–Kier alpha value is -1.62. The van der Waals surface area contributed by atoms with Crippen molar-refractivity contribution in [3.05, 3.63) is 33.7 Å². The van der Waals surface area contributed by atoms with Crippen molar-refractivity contribution >= 4 is 5.91 Å². The zero-order chi connectivity index (χ0) is 11.4. The van der Waals surface area contributed by atoms with E-state index in [-0.39, 0.29) is 17.2 Å². The summed E-state index contributed by atoms with van der Waals surface area (Å²) in [5, 5.41) is 2.62. The van der Waals surface area contributed by atoms with Crippen LogP contribution in [-0.4, -0.2) is 23.5 Å². The van der Waals surface area contributed by atoms with Gasteiger partial charge in [0.15, 0.2) is 0 Å². The third-order valence-electron chi connectivity index (χ3n) is 2.03. The minimum atomic E-state index is -0.394. The molecule has 0 radical (unpaired) electrons. The van der Waals surface area contributed by atoms with E-state index in [0.29, 0.717) is 6.54 Å².